The first-order valence-corrected chi connectivity index (χ1v) is 5.61. The lowest BCUT2D eigenvalue weighted by atomic mass is 10.1. The number of carbonyl (C=O) groups is 2. The first-order valence-electron chi connectivity index (χ1n) is 5.61. The molecule has 1 rings (SSSR count). The highest BCUT2D eigenvalue weighted by Gasteiger charge is 2.24. The second kappa shape index (κ2) is 6.27. The van der Waals surface area contributed by atoms with E-state index in [9.17, 15) is 22.8 Å². The first-order chi connectivity index (χ1) is 9.27. The Labute approximate surface area is 113 Å². The number of amides is 3. The number of imide groups is 1. The summed E-state index contributed by atoms with van der Waals surface area (Å²) in [6, 6.07) is -0.786. The van der Waals surface area contributed by atoms with Crippen molar-refractivity contribution < 1.29 is 27.5 Å². The minimum absolute atomic E-state index is 0.257. The fourth-order valence-electron chi connectivity index (χ4n) is 1.39. The third-order valence-electron chi connectivity index (χ3n) is 2.21. The molecule has 0 spiro atoms. The number of halogens is 3. The quantitative estimate of drug-likeness (QED) is 0.836. The molecule has 0 saturated carbocycles. The maximum absolute atomic E-state index is 13.8. The summed E-state index contributed by atoms with van der Waals surface area (Å²) in [4.78, 5) is 22.9. The number of carbonyl (C=O) groups excluding carboxylic acids is 2. The predicted octanol–water partition coefficient (Wildman–Crippen LogP) is 1.96. The van der Waals surface area contributed by atoms with Gasteiger partial charge in [-0.1, -0.05) is 0 Å². The normalized spacial score (nSPS) is 10.3. The molecular formula is C12H13F3N2O3. The number of nitrogens with one attached hydrogen (secondary N) is 2. The molecule has 1 aromatic carbocycles. The molecule has 0 aromatic heterocycles. The van der Waals surface area contributed by atoms with Gasteiger partial charge in [0.2, 0.25) is 5.82 Å². The van der Waals surface area contributed by atoms with E-state index in [1.807, 2.05) is 0 Å². The fourth-order valence-corrected chi connectivity index (χ4v) is 1.39. The minimum Gasteiger partial charge on any atom is -0.491 e. The van der Waals surface area contributed by atoms with Crippen molar-refractivity contribution in [3.8, 4) is 5.75 Å². The van der Waals surface area contributed by atoms with Gasteiger partial charge in [-0.3, -0.25) is 10.1 Å². The molecule has 110 valence electrons. The van der Waals surface area contributed by atoms with E-state index in [1.54, 1.807) is 19.2 Å². The van der Waals surface area contributed by atoms with Gasteiger partial charge in [-0.25, -0.2) is 13.6 Å². The van der Waals surface area contributed by atoms with E-state index in [0.29, 0.717) is 6.07 Å². The topological polar surface area (TPSA) is 67.4 Å². The molecule has 0 radical (unpaired) electrons. The maximum Gasteiger partial charge on any atom is 0.321 e. The lowest BCUT2D eigenvalue weighted by Gasteiger charge is -2.11. The smallest absolute Gasteiger partial charge is 0.321 e. The highest BCUT2D eigenvalue weighted by Crippen LogP contribution is 2.26. The first kappa shape index (κ1) is 15.8. The number of urea groups is 1. The molecule has 8 heteroatoms. The highest BCUT2D eigenvalue weighted by atomic mass is 19.2. The Morgan fingerprint density at radius 3 is 2.30 bits per heavy atom. The van der Waals surface area contributed by atoms with Crippen LogP contribution >= 0.6 is 0 Å². The number of hydrogen-bond donors (Lipinski definition) is 2. The van der Waals surface area contributed by atoms with E-state index in [1.165, 1.54) is 0 Å². The van der Waals surface area contributed by atoms with Crippen LogP contribution in [0.4, 0.5) is 18.0 Å². The van der Waals surface area contributed by atoms with Crippen molar-refractivity contribution in [3.63, 3.8) is 0 Å². The van der Waals surface area contributed by atoms with E-state index in [-0.39, 0.29) is 6.04 Å². The van der Waals surface area contributed by atoms with E-state index in [4.69, 9.17) is 0 Å². The summed E-state index contributed by atoms with van der Waals surface area (Å²) < 4.78 is 44.5. The molecular weight excluding hydrogens is 277 g/mol. The Hall–Kier alpha value is -2.25. The van der Waals surface area contributed by atoms with Gasteiger partial charge in [0.1, 0.15) is 0 Å². The molecule has 0 aliphatic heterocycles. The molecule has 3 amide bonds. The molecule has 1 aromatic rings. The molecule has 0 bridgehead atoms. The van der Waals surface area contributed by atoms with Gasteiger partial charge in [0, 0.05) is 6.04 Å². The molecule has 0 saturated heterocycles. The van der Waals surface area contributed by atoms with Crippen molar-refractivity contribution in [2.24, 2.45) is 0 Å². The highest BCUT2D eigenvalue weighted by molar-refractivity contribution is 6.04. The Kier molecular flexibility index (Phi) is 4.95. The second-order valence-electron chi connectivity index (χ2n) is 4.15. The Balaban J connectivity index is 3.05. The molecule has 0 atom stereocenters. The average molecular weight is 290 g/mol. The number of benzene rings is 1. The summed E-state index contributed by atoms with van der Waals surface area (Å²) in [6.07, 6.45) is 0. The van der Waals surface area contributed by atoms with E-state index < -0.39 is 40.7 Å². The number of rotatable bonds is 3. The minimum atomic E-state index is -1.55. The molecule has 0 heterocycles. The molecule has 0 aliphatic rings. The third-order valence-corrected chi connectivity index (χ3v) is 2.21. The van der Waals surface area contributed by atoms with Crippen LogP contribution in [0.1, 0.15) is 24.2 Å². The van der Waals surface area contributed by atoms with Gasteiger partial charge in [0.05, 0.1) is 12.7 Å². The molecule has 20 heavy (non-hydrogen) atoms. The van der Waals surface area contributed by atoms with Crippen LogP contribution < -0.4 is 15.4 Å². The van der Waals surface area contributed by atoms with Crippen LogP contribution in [-0.2, 0) is 0 Å². The van der Waals surface area contributed by atoms with Gasteiger partial charge in [0.15, 0.2) is 17.4 Å². The van der Waals surface area contributed by atoms with Crippen molar-refractivity contribution >= 4 is 11.9 Å². The molecule has 0 fully saturated rings. The molecule has 5 nitrogen and oxygen atoms in total. The van der Waals surface area contributed by atoms with Crippen molar-refractivity contribution in [2.75, 3.05) is 7.11 Å². The lowest BCUT2D eigenvalue weighted by molar-refractivity contribution is 0.0958. The number of ether oxygens (including phenoxy) is 1. The standard InChI is InChI=1S/C12H13F3N2O3/c1-5(2)16-12(19)17-11(18)6-4-7(13)9(15)10(20-3)8(6)14/h4-5H,1-3H3,(H2,16,17,18,19). The Bertz CT molecular complexity index is 547. The zero-order valence-corrected chi connectivity index (χ0v) is 11.0. The summed E-state index contributed by atoms with van der Waals surface area (Å²) >= 11 is 0. The summed E-state index contributed by atoms with van der Waals surface area (Å²) in [7, 11) is 0.925. The van der Waals surface area contributed by atoms with E-state index in [0.717, 1.165) is 7.11 Å². The van der Waals surface area contributed by atoms with Crippen LogP contribution in [0.5, 0.6) is 5.75 Å². The van der Waals surface area contributed by atoms with Crippen LogP contribution in [0, 0.1) is 17.5 Å². The maximum atomic E-state index is 13.8. The van der Waals surface area contributed by atoms with Crippen LogP contribution in [-0.4, -0.2) is 25.1 Å². The monoisotopic (exact) mass is 290 g/mol. The van der Waals surface area contributed by atoms with Gasteiger partial charge in [-0.15, -0.1) is 0 Å². The van der Waals surface area contributed by atoms with E-state index >= 15 is 0 Å². The SMILES string of the molecule is COc1c(F)c(F)cc(C(=O)NC(=O)NC(C)C)c1F. The molecule has 0 aliphatic carbocycles. The summed E-state index contributed by atoms with van der Waals surface area (Å²) in [5.41, 5.74) is -0.834. The molecule has 2 N–H and O–H groups in total. The van der Waals surface area contributed by atoms with Gasteiger partial charge in [-0.2, -0.15) is 4.39 Å². The zero-order valence-electron chi connectivity index (χ0n) is 11.0. The van der Waals surface area contributed by atoms with Crippen LogP contribution in [0.25, 0.3) is 0 Å². The lowest BCUT2D eigenvalue weighted by Crippen LogP contribution is -2.42. The average Bonchev–Trinajstić information content (AvgIpc) is 2.33. The number of methoxy groups -OCH3 is 1. The van der Waals surface area contributed by atoms with Gasteiger partial charge < -0.3 is 10.1 Å². The fraction of sp³-hybridized carbons (Fsp3) is 0.333. The van der Waals surface area contributed by atoms with Gasteiger partial charge in [0.25, 0.3) is 5.91 Å². The molecule has 0 unspecified atom stereocenters. The van der Waals surface area contributed by atoms with Gasteiger partial charge in [-0.05, 0) is 19.9 Å². The summed E-state index contributed by atoms with van der Waals surface area (Å²) in [6.45, 7) is 3.29. The van der Waals surface area contributed by atoms with Crippen molar-refractivity contribution in [2.45, 2.75) is 19.9 Å². The van der Waals surface area contributed by atoms with Crippen LogP contribution in [0.2, 0.25) is 0 Å². The van der Waals surface area contributed by atoms with E-state index in [2.05, 4.69) is 10.1 Å². The summed E-state index contributed by atoms with van der Waals surface area (Å²) in [5.74, 6) is -6.63. The number of hydrogen-bond acceptors (Lipinski definition) is 3. The summed E-state index contributed by atoms with van der Waals surface area (Å²) in [5, 5.41) is 4.12. The van der Waals surface area contributed by atoms with Crippen LogP contribution in [0.15, 0.2) is 6.07 Å². The Morgan fingerprint density at radius 1 is 1.20 bits per heavy atom. The Morgan fingerprint density at radius 2 is 1.80 bits per heavy atom. The van der Waals surface area contributed by atoms with Crippen LogP contribution in [0.3, 0.4) is 0 Å². The van der Waals surface area contributed by atoms with Crippen molar-refractivity contribution in [3.05, 3.63) is 29.1 Å². The second-order valence-corrected chi connectivity index (χ2v) is 4.15. The van der Waals surface area contributed by atoms with Crippen molar-refractivity contribution in [1.82, 2.24) is 10.6 Å². The third kappa shape index (κ3) is 3.40. The van der Waals surface area contributed by atoms with Crippen molar-refractivity contribution in [1.29, 1.82) is 0 Å². The zero-order chi connectivity index (χ0) is 15.4. The largest absolute Gasteiger partial charge is 0.491 e. The predicted molar refractivity (Wildman–Crippen MR) is 64.0 cm³/mol. The van der Waals surface area contributed by atoms with Gasteiger partial charge >= 0.3 is 6.03 Å².